The standard InChI is InChI=1S/C24H30N3O10P/c1-5-17(27-12-11-19(28)25-24(27)32)22-21(30)20(29)18(36-22)13-34-38(33,37-16-9-7-6-8-10-16)26-15(4)23(31)35-14(2)3/h1,6-12,14-15,17-18,20-22,29-30H,13H2,2-4H3,(H,26,33)(H,25,28,32)/t15-,17?,18+,20+,21+,22?,38?/m0/s1. The van der Waals surface area contributed by atoms with E-state index < -0.39 is 74.2 Å². The number of aliphatic hydroxyl groups is 2. The molecular weight excluding hydrogens is 521 g/mol. The van der Waals surface area contributed by atoms with Gasteiger partial charge in [0.2, 0.25) is 0 Å². The molecule has 1 saturated heterocycles. The molecule has 7 atom stereocenters. The lowest BCUT2D eigenvalue weighted by atomic mass is 10.0. The number of para-hydroxylation sites is 1. The molecule has 0 saturated carbocycles. The van der Waals surface area contributed by atoms with Gasteiger partial charge in [-0.2, -0.15) is 5.09 Å². The predicted octanol–water partition coefficient (Wildman–Crippen LogP) is 0.334. The van der Waals surface area contributed by atoms with E-state index in [1.165, 1.54) is 19.1 Å². The second-order valence-corrected chi connectivity index (χ2v) is 10.5. The highest BCUT2D eigenvalue weighted by molar-refractivity contribution is 7.52. The van der Waals surface area contributed by atoms with Crippen LogP contribution in [0.15, 0.2) is 52.2 Å². The molecule has 14 heteroatoms. The minimum Gasteiger partial charge on any atom is -0.462 e. The van der Waals surface area contributed by atoms with E-state index in [1.54, 1.807) is 32.0 Å². The number of aliphatic hydroxyl groups excluding tert-OH is 2. The topological polar surface area (TPSA) is 178 Å². The number of benzene rings is 1. The quantitative estimate of drug-likeness (QED) is 0.172. The SMILES string of the molecule is C#CC(C1O[C@H](COP(=O)(N[C@@H](C)C(=O)OC(C)C)Oc2ccccc2)[C@@H](O)[C@H]1O)n1ccc(=O)[nH]c1=O. The van der Waals surface area contributed by atoms with Gasteiger partial charge >= 0.3 is 19.4 Å². The number of carbonyl (C=O) groups excluding carboxylic acids is 1. The molecule has 0 bridgehead atoms. The first kappa shape index (κ1) is 29.3. The first-order valence-electron chi connectivity index (χ1n) is 11.7. The third-order valence-corrected chi connectivity index (χ3v) is 7.11. The van der Waals surface area contributed by atoms with Gasteiger partial charge in [0.15, 0.2) is 0 Å². The van der Waals surface area contributed by atoms with E-state index in [0.717, 1.165) is 16.8 Å². The molecule has 13 nitrogen and oxygen atoms in total. The molecule has 3 rings (SSSR count). The van der Waals surface area contributed by atoms with Gasteiger partial charge in [0.1, 0.15) is 42.2 Å². The van der Waals surface area contributed by atoms with E-state index in [0.29, 0.717) is 0 Å². The average molecular weight is 551 g/mol. The lowest BCUT2D eigenvalue weighted by molar-refractivity contribution is -0.149. The molecule has 1 aromatic heterocycles. The van der Waals surface area contributed by atoms with Crippen LogP contribution in [0, 0.1) is 12.3 Å². The number of nitrogens with zero attached hydrogens (tertiary/aromatic N) is 1. The Morgan fingerprint density at radius 1 is 1.21 bits per heavy atom. The van der Waals surface area contributed by atoms with Crippen LogP contribution in [0.4, 0.5) is 0 Å². The molecule has 38 heavy (non-hydrogen) atoms. The van der Waals surface area contributed by atoms with Gasteiger partial charge in [-0.05, 0) is 32.9 Å². The average Bonchev–Trinajstić information content (AvgIpc) is 3.13. The third-order valence-electron chi connectivity index (χ3n) is 5.47. The summed E-state index contributed by atoms with van der Waals surface area (Å²) in [6.07, 6.45) is 0.640. The van der Waals surface area contributed by atoms with Crippen molar-refractivity contribution in [1.82, 2.24) is 14.6 Å². The zero-order valence-corrected chi connectivity index (χ0v) is 21.8. The van der Waals surface area contributed by atoms with Crippen molar-refractivity contribution in [3.05, 3.63) is 63.4 Å². The molecular formula is C24H30N3O10P. The number of aromatic nitrogens is 2. The molecule has 4 N–H and O–H groups in total. The first-order chi connectivity index (χ1) is 17.9. The number of hydrogen-bond donors (Lipinski definition) is 4. The van der Waals surface area contributed by atoms with Crippen molar-refractivity contribution >= 4 is 13.7 Å². The highest BCUT2D eigenvalue weighted by Gasteiger charge is 2.48. The van der Waals surface area contributed by atoms with Crippen LogP contribution >= 0.6 is 7.75 Å². The van der Waals surface area contributed by atoms with Gasteiger partial charge in [-0.3, -0.25) is 23.7 Å². The Hall–Kier alpha value is -3.24. The number of H-pyrrole nitrogens is 1. The number of terminal acetylenes is 1. The first-order valence-corrected chi connectivity index (χ1v) is 13.2. The lowest BCUT2D eigenvalue weighted by Gasteiger charge is -2.25. The summed E-state index contributed by atoms with van der Waals surface area (Å²) in [7, 11) is -4.27. The minimum absolute atomic E-state index is 0.170. The monoisotopic (exact) mass is 551 g/mol. The van der Waals surface area contributed by atoms with Crippen molar-refractivity contribution in [2.24, 2.45) is 0 Å². The Bertz CT molecular complexity index is 1300. The molecule has 0 radical (unpaired) electrons. The van der Waals surface area contributed by atoms with E-state index in [9.17, 15) is 29.2 Å². The number of rotatable bonds is 11. The summed E-state index contributed by atoms with van der Waals surface area (Å²) in [6.45, 7) is 4.17. The maximum absolute atomic E-state index is 13.6. The van der Waals surface area contributed by atoms with Gasteiger partial charge < -0.3 is 24.2 Å². The van der Waals surface area contributed by atoms with E-state index >= 15 is 0 Å². The van der Waals surface area contributed by atoms with Crippen LogP contribution in [0.25, 0.3) is 0 Å². The van der Waals surface area contributed by atoms with Crippen molar-refractivity contribution in [3.63, 3.8) is 0 Å². The fourth-order valence-corrected chi connectivity index (χ4v) is 5.16. The number of aromatic amines is 1. The Morgan fingerprint density at radius 3 is 2.50 bits per heavy atom. The van der Waals surface area contributed by atoms with Crippen molar-refractivity contribution in [2.75, 3.05) is 6.61 Å². The molecule has 1 aliphatic heterocycles. The smallest absolute Gasteiger partial charge is 0.459 e. The molecule has 2 aromatic rings. The molecule has 1 aliphatic rings. The number of ether oxygens (including phenoxy) is 2. The van der Waals surface area contributed by atoms with Gasteiger partial charge in [0.05, 0.1) is 12.7 Å². The van der Waals surface area contributed by atoms with Gasteiger partial charge in [-0.25, -0.2) is 9.36 Å². The third kappa shape index (κ3) is 7.20. The second kappa shape index (κ2) is 12.5. The lowest BCUT2D eigenvalue weighted by Crippen LogP contribution is -2.41. The Labute approximate surface area is 218 Å². The second-order valence-electron chi connectivity index (χ2n) is 8.78. The van der Waals surface area contributed by atoms with Crippen LogP contribution < -0.4 is 20.9 Å². The van der Waals surface area contributed by atoms with Gasteiger partial charge in [-0.15, -0.1) is 6.42 Å². The summed E-state index contributed by atoms with van der Waals surface area (Å²) < 4.78 is 36.5. The number of hydrogen-bond acceptors (Lipinski definition) is 10. The fraction of sp³-hybridized carbons (Fsp3) is 0.458. The summed E-state index contributed by atoms with van der Waals surface area (Å²) in [4.78, 5) is 37.9. The van der Waals surface area contributed by atoms with Crippen molar-refractivity contribution in [3.8, 4) is 18.1 Å². The Morgan fingerprint density at radius 2 is 1.89 bits per heavy atom. The highest BCUT2D eigenvalue weighted by Crippen LogP contribution is 2.45. The van der Waals surface area contributed by atoms with Gasteiger partial charge in [-0.1, -0.05) is 24.1 Å². The van der Waals surface area contributed by atoms with Crippen LogP contribution in [-0.4, -0.2) is 68.9 Å². The van der Waals surface area contributed by atoms with E-state index in [1.807, 2.05) is 0 Å². The Balaban J connectivity index is 1.78. The van der Waals surface area contributed by atoms with Crippen LogP contribution in [-0.2, 0) is 23.4 Å². The predicted molar refractivity (Wildman–Crippen MR) is 134 cm³/mol. The van der Waals surface area contributed by atoms with Crippen molar-refractivity contribution in [2.45, 2.75) is 63.4 Å². The molecule has 3 unspecified atom stereocenters. The zero-order valence-electron chi connectivity index (χ0n) is 20.9. The van der Waals surface area contributed by atoms with E-state index in [2.05, 4.69) is 16.0 Å². The van der Waals surface area contributed by atoms with E-state index in [4.69, 9.17) is 24.9 Å². The highest BCUT2D eigenvalue weighted by atomic mass is 31.2. The van der Waals surface area contributed by atoms with Crippen LogP contribution in [0.5, 0.6) is 5.75 Å². The summed E-state index contributed by atoms with van der Waals surface area (Å²) >= 11 is 0. The number of carbonyl (C=O) groups is 1. The largest absolute Gasteiger partial charge is 0.462 e. The molecule has 1 aromatic carbocycles. The fourth-order valence-electron chi connectivity index (χ4n) is 3.66. The maximum Gasteiger partial charge on any atom is 0.459 e. The zero-order chi connectivity index (χ0) is 28.0. The summed E-state index contributed by atoms with van der Waals surface area (Å²) in [5, 5.41) is 23.7. The van der Waals surface area contributed by atoms with Gasteiger partial charge in [0, 0.05) is 12.3 Å². The molecule has 0 spiro atoms. The normalized spacial score (nSPS) is 24.2. The van der Waals surface area contributed by atoms with Crippen LogP contribution in [0.3, 0.4) is 0 Å². The molecule has 0 aliphatic carbocycles. The Kier molecular flexibility index (Phi) is 9.67. The van der Waals surface area contributed by atoms with Crippen LogP contribution in [0.2, 0.25) is 0 Å². The summed E-state index contributed by atoms with van der Waals surface area (Å²) in [5.41, 5.74) is -1.48. The number of esters is 1. The maximum atomic E-state index is 13.6. The summed E-state index contributed by atoms with van der Waals surface area (Å²) in [6, 6.07) is 6.80. The van der Waals surface area contributed by atoms with Crippen molar-refractivity contribution in [1.29, 1.82) is 0 Å². The number of nitrogens with one attached hydrogen (secondary N) is 2. The van der Waals surface area contributed by atoms with E-state index in [-0.39, 0.29) is 5.75 Å². The summed E-state index contributed by atoms with van der Waals surface area (Å²) in [5.74, 6) is 1.78. The molecule has 2 heterocycles. The molecule has 1 fully saturated rings. The molecule has 0 amide bonds. The van der Waals surface area contributed by atoms with Crippen molar-refractivity contribution < 1.29 is 38.1 Å². The molecule has 206 valence electrons. The minimum atomic E-state index is -4.27. The van der Waals surface area contributed by atoms with Gasteiger partial charge in [0.25, 0.3) is 5.56 Å². The van der Waals surface area contributed by atoms with Crippen LogP contribution in [0.1, 0.15) is 26.8 Å².